The van der Waals surface area contributed by atoms with E-state index in [1.807, 2.05) is 0 Å². The molecule has 2 rings (SSSR count). The number of hydrogen-bond donors (Lipinski definition) is 1. The summed E-state index contributed by atoms with van der Waals surface area (Å²) in [5.74, 6) is 0. The third-order valence-corrected chi connectivity index (χ3v) is 7.14. The van der Waals surface area contributed by atoms with Crippen LogP contribution in [0, 0.1) is 0 Å². The van der Waals surface area contributed by atoms with Gasteiger partial charge in [-0.1, -0.05) is 18.2 Å². The molecule has 1 unspecified atom stereocenters. The minimum atomic E-state index is -4.96. The quantitative estimate of drug-likeness (QED) is 0.804. The fourth-order valence-corrected chi connectivity index (χ4v) is 4.39. The molecule has 0 bridgehead atoms. The Morgan fingerprint density at radius 2 is 1.74 bits per heavy atom. The average molecular weight is 367 g/mol. The molecule has 1 atom stereocenters. The average Bonchev–Trinajstić information content (AvgIpc) is 2.41. The van der Waals surface area contributed by atoms with Gasteiger partial charge in [0.15, 0.2) is 5.54 Å². The van der Waals surface area contributed by atoms with Crippen LogP contribution in [-0.2, 0) is 25.9 Å². The Hall–Kier alpha value is -0.740. The predicted molar refractivity (Wildman–Crippen MR) is 83.2 cm³/mol. The van der Waals surface area contributed by atoms with Gasteiger partial charge < -0.3 is 9.29 Å². The van der Waals surface area contributed by atoms with Crippen LogP contribution in [0.4, 0.5) is 8.78 Å². The van der Waals surface area contributed by atoms with Crippen molar-refractivity contribution in [3.05, 3.63) is 30.3 Å². The van der Waals surface area contributed by atoms with Crippen molar-refractivity contribution < 1.29 is 26.5 Å². The first kappa shape index (κ1) is 18.6. The van der Waals surface area contributed by atoms with E-state index in [0.29, 0.717) is 0 Å². The SMILES string of the molecule is CC(C)(C)[S+]([O-])NC1(C(F)(F)S(=O)(=O)c2ccccc2)COC1. The van der Waals surface area contributed by atoms with Gasteiger partial charge in [-0.2, -0.15) is 8.78 Å². The van der Waals surface area contributed by atoms with Crippen molar-refractivity contribution in [2.45, 2.75) is 41.2 Å². The van der Waals surface area contributed by atoms with Crippen LogP contribution in [0.1, 0.15) is 20.8 Å². The van der Waals surface area contributed by atoms with E-state index in [1.165, 1.54) is 18.2 Å². The third kappa shape index (κ3) is 3.12. The Bertz CT molecular complexity index is 655. The third-order valence-electron chi connectivity index (χ3n) is 3.49. The van der Waals surface area contributed by atoms with Gasteiger partial charge in [0.1, 0.15) is 4.75 Å². The normalized spacial score (nSPS) is 19.9. The molecule has 23 heavy (non-hydrogen) atoms. The van der Waals surface area contributed by atoms with Crippen molar-refractivity contribution in [2.75, 3.05) is 13.2 Å². The van der Waals surface area contributed by atoms with Gasteiger partial charge in [-0.3, -0.25) is 0 Å². The van der Waals surface area contributed by atoms with Gasteiger partial charge in [0.25, 0.3) is 0 Å². The van der Waals surface area contributed by atoms with E-state index >= 15 is 0 Å². The van der Waals surface area contributed by atoms with Gasteiger partial charge in [-0.15, -0.1) is 4.72 Å². The van der Waals surface area contributed by atoms with Crippen LogP contribution in [-0.4, -0.2) is 41.7 Å². The lowest BCUT2D eigenvalue weighted by atomic mass is 10.00. The second-order valence-corrected chi connectivity index (χ2v) is 10.3. The maximum absolute atomic E-state index is 14.9. The molecule has 1 saturated heterocycles. The summed E-state index contributed by atoms with van der Waals surface area (Å²) in [5.41, 5.74) is -2.21. The van der Waals surface area contributed by atoms with E-state index in [-0.39, 0.29) is 0 Å². The van der Waals surface area contributed by atoms with E-state index in [0.717, 1.165) is 12.1 Å². The van der Waals surface area contributed by atoms with Crippen LogP contribution in [0.3, 0.4) is 0 Å². The van der Waals surface area contributed by atoms with Crippen molar-refractivity contribution in [1.82, 2.24) is 4.72 Å². The maximum atomic E-state index is 14.9. The molecule has 0 saturated carbocycles. The number of halogens is 2. The largest absolute Gasteiger partial charge is 0.598 e. The molecule has 130 valence electrons. The standard InChI is InChI=1S/C14H19F2NO4S2/c1-12(2,3)22(18)17-13(9-21-10-13)14(15,16)23(19,20)11-7-5-4-6-8-11/h4-8,17H,9-10H2,1-3H3. The summed E-state index contributed by atoms with van der Waals surface area (Å²) >= 11 is -1.87. The molecule has 1 N–H and O–H groups in total. The molecule has 0 radical (unpaired) electrons. The van der Waals surface area contributed by atoms with Gasteiger partial charge in [0.05, 0.1) is 18.1 Å². The first-order valence-electron chi connectivity index (χ1n) is 6.89. The predicted octanol–water partition coefficient (Wildman–Crippen LogP) is 1.87. The van der Waals surface area contributed by atoms with Crippen LogP contribution in [0.15, 0.2) is 35.2 Å². The number of alkyl halides is 2. The zero-order valence-corrected chi connectivity index (χ0v) is 14.6. The zero-order chi connectivity index (χ0) is 17.5. The molecule has 1 fully saturated rings. The lowest BCUT2D eigenvalue weighted by molar-refractivity contribution is -0.154. The molecule has 9 heteroatoms. The molecule has 5 nitrogen and oxygen atoms in total. The van der Waals surface area contributed by atoms with Crippen LogP contribution in [0.5, 0.6) is 0 Å². The minimum absolute atomic E-state index is 0.486. The smallest absolute Gasteiger partial charge is 0.376 e. The highest BCUT2D eigenvalue weighted by molar-refractivity contribution is 7.93. The van der Waals surface area contributed by atoms with E-state index < -0.39 is 54.8 Å². The summed E-state index contributed by atoms with van der Waals surface area (Å²) in [6, 6.07) is 6.49. The monoisotopic (exact) mass is 367 g/mol. The number of hydrogen-bond acceptors (Lipinski definition) is 5. The Morgan fingerprint density at radius 3 is 2.13 bits per heavy atom. The van der Waals surface area contributed by atoms with Gasteiger partial charge in [0, 0.05) is 11.4 Å². The number of ether oxygens (including phenoxy) is 1. The minimum Gasteiger partial charge on any atom is -0.598 e. The molecule has 0 amide bonds. The number of benzene rings is 1. The van der Waals surface area contributed by atoms with Crippen molar-refractivity contribution in [1.29, 1.82) is 0 Å². The Morgan fingerprint density at radius 1 is 1.22 bits per heavy atom. The van der Waals surface area contributed by atoms with Crippen molar-refractivity contribution in [3.8, 4) is 0 Å². The van der Waals surface area contributed by atoms with E-state index in [1.54, 1.807) is 20.8 Å². The van der Waals surface area contributed by atoms with Crippen LogP contribution >= 0.6 is 0 Å². The second-order valence-electron chi connectivity index (χ2n) is 6.39. The summed E-state index contributed by atoms with van der Waals surface area (Å²) < 4.78 is 73.0. The van der Waals surface area contributed by atoms with E-state index in [2.05, 4.69) is 4.72 Å². The Balaban J connectivity index is 2.40. The molecule has 0 aliphatic carbocycles. The molecule has 0 aromatic heterocycles. The summed E-state index contributed by atoms with van der Waals surface area (Å²) in [6.07, 6.45) is 0. The molecule has 1 aliphatic heterocycles. The lowest BCUT2D eigenvalue weighted by Gasteiger charge is -2.46. The number of nitrogens with one attached hydrogen (secondary N) is 1. The Kier molecular flexibility index (Phi) is 4.82. The van der Waals surface area contributed by atoms with E-state index in [4.69, 9.17) is 4.74 Å². The van der Waals surface area contributed by atoms with Gasteiger partial charge in [-0.05, 0) is 32.9 Å². The maximum Gasteiger partial charge on any atom is 0.376 e. The molecule has 0 spiro atoms. The summed E-state index contributed by atoms with van der Waals surface area (Å²) in [7, 11) is -4.96. The lowest BCUT2D eigenvalue weighted by Crippen LogP contribution is -2.74. The molecule has 1 aromatic rings. The molecule has 1 aromatic carbocycles. The highest BCUT2D eigenvalue weighted by atomic mass is 32.2. The van der Waals surface area contributed by atoms with Crippen LogP contribution in [0.2, 0.25) is 0 Å². The molecule has 1 heterocycles. The molecule has 1 aliphatic rings. The number of rotatable bonds is 5. The Labute approximate surface area is 137 Å². The van der Waals surface area contributed by atoms with E-state index in [9.17, 15) is 21.8 Å². The zero-order valence-electron chi connectivity index (χ0n) is 13.0. The van der Waals surface area contributed by atoms with Gasteiger partial charge >= 0.3 is 5.25 Å². The van der Waals surface area contributed by atoms with Crippen molar-refractivity contribution >= 4 is 21.2 Å². The van der Waals surface area contributed by atoms with Crippen molar-refractivity contribution in [3.63, 3.8) is 0 Å². The summed E-state index contributed by atoms with van der Waals surface area (Å²) in [5, 5.41) is -4.17. The molecular formula is C14H19F2NO4S2. The second kappa shape index (κ2) is 5.96. The van der Waals surface area contributed by atoms with Gasteiger partial charge in [-0.25, -0.2) is 8.42 Å². The first-order valence-corrected chi connectivity index (χ1v) is 9.52. The van der Waals surface area contributed by atoms with Crippen LogP contribution < -0.4 is 4.72 Å². The fraction of sp³-hybridized carbons (Fsp3) is 0.571. The summed E-state index contributed by atoms with van der Waals surface area (Å²) in [4.78, 5) is -0.486. The topological polar surface area (TPSA) is 78.5 Å². The van der Waals surface area contributed by atoms with Crippen LogP contribution in [0.25, 0.3) is 0 Å². The highest BCUT2D eigenvalue weighted by Gasteiger charge is 2.69. The van der Waals surface area contributed by atoms with Gasteiger partial charge in [0.2, 0.25) is 9.84 Å². The first-order chi connectivity index (χ1) is 10.4. The van der Waals surface area contributed by atoms with Crippen molar-refractivity contribution in [2.24, 2.45) is 0 Å². The number of sulfone groups is 1. The summed E-state index contributed by atoms with van der Waals surface area (Å²) in [6.45, 7) is 3.75. The molecular weight excluding hydrogens is 348 g/mol. The highest BCUT2D eigenvalue weighted by Crippen LogP contribution is 2.43. The fourth-order valence-electron chi connectivity index (χ4n) is 1.93.